The van der Waals surface area contributed by atoms with Crippen molar-refractivity contribution in [3.8, 4) is 0 Å². The van der Waals surface area contributed by atoms with Crippen LogP contribution in [0.25, 0.3) is 0 Å². The highest BCUT2D eigenvalue weighted by atomic mass is 32.2. The van der Waals surface area contributed by atoms with Crippen LogP contribution in [0.1, 0.15) is 12.3 Å². The zero-order valence-electron chi connectivity index (χ0n) is 10.1. The highest BCUT2D eigenvalue weighted by Crippen LogP contribution is 2.41. The standard InChI is InChI=1S/C10H13F3N2O2S2/c1-18-5-7-14-15-9(17-7)19-8(10(11,12)13)6-2-3-16-4-6/h6,8H,2-5H2,1H3. The average molecular weight is 314 g/mol. The lowest BCUT2D eigenvalue weighted by Gasteiger charge is -2.22. The third kappa shape index (κ3) is 4.03. The van der Waals surface area contributed by atoms with E-state index in [9.17, 15) is 13.2 Å². The molecule has 1 aromatic rings. The Hall–Kier alpha value is -0.410. The fraction of sp³-hybridized carbons (Fsp3) is 0.800. The molecule has 19 heavy (non-hydrogen) atoms. The molecule has 0 N–H and O–H groups in total. The minimum atomic E-state index is -4.31. The maximum atomic E-state index is 13.0. The predicted molar refractivity (Wildman–Crippen MR) is 66.1 cm³/mol. The molecule has 0 aliphatic carbocycles. The van der Waals surface area contributed by atoms with Gasteiger partial charge in [-0.2, -0.15) is 24.9 Å². The van der Waals surface area contributed by atoms with Crippen molar-refractivity contribution in [2.45, 2.75) is 28.8 Å². The molecule has 0 spiro atoms. The SMILES string of the molecule is CSCc1nnc(SC(C2CCOC2)C(F)(F)F)o1. The van der Waals surface area contributed by atoms with Gasteiger partial charge < -0.3 is 9.15 Å². The Balaban J connectivity index is 2.06. The maximum Gasteiger partial charge on any atom is 0.401 e. The molecule has 2 rings (SSSR count). The molecule has 0 bridgehead atoms. The quantitative estimate of drug-likeness (QED) is 0.779. The van der Waals surface area contributed by atoms with Crippen molar-refractivity contribution in [1.82, 2.24) is 10.2 Å². The van der Waals surface area contributed by atoms with Gasteiger partial charge in [-0.15, -0.1) is 10.2 Å². The molecule has 4 nitrogen and oxygen atoms in total. The Morgan fingerprint density at radius 2 is 2.21 bits per heavy atom. The van der Waals surface area contributed by atoms with Crippen molar-refractivity contribution in [3.63, 3.8) is 0 Å². The third-order valence-electron chi connectivity index (χ3n) is 2.66. The zero-order chi connectivity index (χ0) is 13.9. The summed E-state index contributed by atoms with van der Waals surface area (Å²) in [4.78, 5) is 0. The summed E-state index contributed by atoms with van der Waals surface area (Å²) < 4.78 is 49.3. The molecule has 2 unspecified atom stereocenters. The number of alkyl halides is 3. The summed E-state index contributed by atoms with van der Waals surface area (Å²) in [7, 11) is 0. The number of aromatic nitrogens is 2. The molecule has 1 aliphatic heterocycles. The van der Waals surface area contributed by atoms with Gasteiger partial charge in [0.15, 0.2) is 0 Å². The lowest BCUT2D eigenvalue weighted by molar-refractivity contribution is -0.138. The van der Waals surface area contributed by atoms with E-state index in [1.54, 1.807) is 0 Å². The topological polar surface area (TPSA) is 48.2 Å². The summed E-state index contributed by atoms with van der Waals surface area (Å²) in [6.07, 6.45) is -2.05. The van der Waals surface area contributed by atoms with Crippen LogP contribution in [0, 0.1) is 5.92 Å². The van der Waals surface area contributed by atoms with Gasteiger partial charge in [0.05, 0.1) is 12.4 Å². The first kappa shape index (κ1) is 15.0. The molecular formula is C10H13F3N2O2S2. The molecule has 0 saturated carbocycles. The average Bonchev–Trinajstić information content (AvgIpc) is 2.95. The van der Waals surface area contributed by atoms with E-state index in [1.165, 1.54) is 11.8 Å². The van der Waals surface area contributed by atoms with E-state index < -0.39 is 17.3 Å². The molecule has 0 aromatic carbocycles. The fourth-order valence-electron chi connectivity index (χ4n) is 1.80. The maximum absolute atomic E-state index is 13.0. The van der Waals surface area contributed by atoms with Gasteiger partial charge in [0.1, 0.15) is 5.25 Å². The minimum absolute atomic E-state index is 0.0294. The number of hydrogen-bond donors (Lipinski definition) is 0. The van der Waals surface area contributed by atoms with Gasteiger partial charge in [-0.1, -0.05) is 11.8 Å². The molecule has 0 radical (unpaired) electrons. The van der Waals surface area contributed by atoms with E-state index in [4.69, 9.17) is 9.15 Å². The number of rotatable bonds is 5. The zero-order valence-corrected chi connectivity index (χ0v) is 11.8. The van der Waals surface area contributed by atoms with Gasteiger partial charge in [0.2, 0.25) is 5.89 Å². The molecule has 2 atom stereocenters. The minimum Gasteiger partial charge on any atom is -0.415 e. The summed E-state index contributed by atoms with van der Waals surface area (Å²) in [5.41, 5.74) is 0. The van der Waals surface area contributed by atoms with E-state index in [0.717, 1.165) is 0 Å². The summed E-state index contributed by atoms with van der Waals surface area (Å²) >= 11 is 2.06. The van der Waals surface area contributed by atoms with E-state index in [2.05, 4.69) is 10.2 Å². The number of thioether (sulfide) groups is 2. The highest BCUT2D eigenvalue weighted by molar-refractivity contribution is 7.99. The first-order valence-corrected chi connectivity index (χ1v) is 7.90. The van der Waals surface area contributed by atoms with Crippen molar-refractivity contribution < 1.29 is 22.3 Å². The second-order valence-corrected chi connectivity index (χ2v) is 6.06. The second kappa shape index (κ2) is 6.36. The van der Waals surface area contributed by atoms with Crippen LogP contribution in [-0.2, 0) is 10.5 Å². The van der Waals surface area contributed by atoms with Crippen LogP contribution in [-0.4, -0.2) is 41.1 Å². The Labute approximate surface area is 116 Å². The Morgan fingerprint density at radius 1 is 1.42 bits per heavy atom. The van der Waals surface area contributed by atoms with Crippen LogP contribution >= 0.6 is 23.5 Å². The van der Waals surface area contributed by atoms with Gasteiger partial charge in [-0.05, 0) is 12.7 Å². The number of hydrogen-bond acceptors (Lipinski definition) is 6. The molecule has 0 amide bonds. The molecule has 1 aliphatic rings. The monoisotopic (exact) mass is 314 g/mol. The van der Waals surface area contributed by atoms with Crippen molar-refractivity contribution >= 4 is 23.5 Å². The molecule has 2 heterocycles. The van der Waals surface area contributed by atoms with Gasteiger partial charge in [-0.3, -0.25) is 0 Å². The van der Waals surface area contributed by atoms with E-state index in [0.29, 0.717) is 36.4 Å². The van der Waals surface area contributed by atoms with E-state index in [1.807, 2.05) is 6.26 Å². The predicted octanol–water partition coefficient (Wildman–Crippen LogP) is 2.99. The number of nitrogens with zero attached hydrogens (tertiary/aromatic N) is 2. The van der Waals surface area contributed by atoms with Crippen molar-refractivity contribution in [3.05, 3.63) is 5.89 Å². The van der Waals surface area contributed by atoms with Gasteiger partial charge in [0.25, 0.3) is 5.22 Å². The normalized spacial score (nSPS) is 21.8. The second-order valence-electron chi connectivity index (χ2n) is 4.10. The van der Waals surface area contributed by atoms with Crippen molar-refractivity contribution in [2.75, 3.05) is 19.5 Å². The summed E-state index contributed by atoms with van der Waals surface area (Å²) in [5, 5.41) is 5.78. The van der Waals surface area contributed by atoms with Crippen LogP contribution < -0.4 is 0 Å². The van der Waals surface area contributed by atoms with Crippen LogP contribution in [0.15, 0.2) is 9.64 Å². The fourth-order valence-corrected chi connectivity index (χ4v) is 3.15. The Morgan fingerprint density at radius 3 is 2.79 bits per heavy atom. The Bertz CT molecular complexity index is 408. The van der Waals surface area contributed by atoms with E-state index in [-0.39, 0.29) is 11.8 Å². The van der Waals surface area contributed by atoms with Crippen LogP contribution in [0.3, 0.4) is 0 Å². The van der Waals surface area contributed by atoms with Crippen LogP contribution in [0.4, 0.5) is 13.2 Å². The van der Waals surface area contributed by atoms with Gasteiger partial charge in [0, 0.05) is 12.5 Å². The Kier molecular flexibility index (Phi) is 5.02. The largest absolute Gasteiger partial charge is 0.415 e. The lowest BCUT2D eigenvalue weighted by Crippen LogP contribution is -2.33. The summed E-state index contributed by atoms with van der Waals surface area (Å²) in [6, 6.07) is 0. The first-order valence-electron chi connectivity index (χ1n) is 5.63. The number of ether oxygens (including phenoxy) is 1. The lowest BCUT2D eigenvalue weighted by atomic mass is 10.0. The first-order chi connectivity index (χ1) is 9.00. The molecule has 108 valence electrons. The third-order valence-corrected chi connectivity index (χ3v) is 4.47. The van der Waals surface area contributed by atoms with Gasteiger partial charge in [-0.25, -0.2) is 0 Å². The summed E-state index contributed by atoms with van der Waals surface area (Å²) in [6.45, 7) is 0.502. The number of halogens is 3. The smallest absolute Gasteiger partial charge is 0.401 e. The highest BCUT2D eigenvalue weighted by Gasteiger charge is 2.47. The van der Waals surface area contributed by atoms with Crippen molar-refractivity contribution in [2.24, 2.45) is 5.92 Å². The molecule has 1 aromatic heterocycles. The van der Waals surface area contributed by atoms with E-state index >= 15 is 0 Å². The molecule has 1 fully saturated rings. The summed E-state index contributed by atoms with van der Waals surface area (Å²) in [5.74, 6) is 0.288. The molecule has 1 saturated heterocycles. The van der Waals surface area contributed by atoms with Crippen LogP contribution in [0.2, 0.25) is 0 Å². The van der Waals surface area contributed by atoms with Crippen molar-refractivity contribution in [1.29, 1.82) is 0 Å². The van der Waals surface area contributed by atoms with Crippen LogP contribution in [0.5, 0.6) is 0 Å². The molecular weight excluding hydrogens is 301 g/mol. The molecule has 9 heteroatoms. The van der Waals surface area contributed by atoms with Gasteiger partial charge >= 0.3 is 6.18 Å².